The van der Waals surface area contributed by atoms with E-state index in [1.54, 1.807) is 12.3 Å². The number of hydrogen-bond donors (Lipinski definition) is 1. The highest BCUT2D eigenvalue weighted by Crippen LogP contribution is 2.37. The minimum Gasteiger partial charge on any atom is -0.333 e. The number of anilines is 1. The molecule has 1 amide bonds. The van der Waals surface area contributed by atoms with Gasteiger partial charge in [-0.1, -0.05) is 6.07 Å². The number of carbonyl (C=O) groups is 1. The van der Waals surface area contributed by atoms with Crippen molar-refractivity contribution in [2.45, 2.75) is 24.3 Å². The van der Waals surface area contributed by atoms with Crippen molar-refractivity contribution >= 4 is 33.0 Å². The number of halogens is 2. The zero-order valence-electron chi connectivity index (χ0n) is 21.4. The zero-order valence-corrected chi connectivity index (χ0v) is 23.1. The Bertz CT molecular complexity index is 1700. The van der Waals surface area contributed by atoms with E-state index < -0.39 is 26.6 Å². The summed E-state index contributed by atoms with van der Waals surface area (Å²) in [6.45, 7) is 4.46. The minimum atomic E-state index is -4.28. The number of aromatic nitrogens is 1. The molecule has 0 atom stereocenters. The summed E-state index contributed by atoms with van der Waals surface area (Å²) in [7, 11) is -4.28. The van der Waals surface area contributed by atoms with E-state index in [0.717, 1.165) is 64.8 Å². The van der Waals surface area contributed by atoms with Crippen molar-refractivity contribution in [3.63, 3.8) is 0 Å². The molecule has 2 aliphatic heterocycles. The van der Waals surface area contributed by atoms with Crippen LogP contribution in [0.3, 0.4) is 0 Å². The van der Waals surface area contributed by atoms with Gasteiger partial charge in [0, 0.05) is 52.8 Å². The Morgan fingerprint density at radius 2 is 1.68 bits per heavy atom. The maximum absolute atomic E-state index is 14.1. The Morgan fingerprint density at radius 3 is 2.45 bits per heavy atom. The largest absolute Gasteiger partial charge is 0.333 e. The van der Waals surface area contributed by atoms with Crippen LogP contribution in [0.25, 0.3) is 20.9 Å². The number of likely N-dealkylation sites (tertiary alicyclic amines) is 1. The fraction of sp³-hybridized carbons (Fsp3) is 0.241. The van der Waals surface area contributed by atoms with Crippen molar-refractivity contribution in [2.75, 3.05) is 30.9 Å². The number of benzene rings is 2. The fourth-order valence-electron chi connectivity index (χ4n) is 5.17. The van der Waals surface area contributed by atoms with Crippen LogP contribution in [0, 0.1) is 11.6 Å². The normalized spacial score (nSPS) is 15.6. The molecule has 0 radical (unpaired) electrons. The molecule has 0 unspecified atom stereocenters. The number of carbonyl (C=O) groups excluding carboxylic acids is 1. The smallest absolute Gasteiger partial charge is 0.264 e. The van der Waals surface area contributed by atoms with E-state index >= 15 is 0 Å². The molecular formula is C29H26F2N4O3S2. The molecule has 4 aromatic rings. The van der Waals surface area contributed by atoms with Gasteiger partial charge in [-0.25, -0.2) is 17.2 Å². The molecule has 11 heteroatoms. The Balaban J connectivity index is 1.18. The highest BCUT2D eigenvalue weighted by Gasteiger charge is 2.28. The molecule has 0 spiro atoms. The van der Waals surface area contributed by atoms with Gasteiger partial charge in [-0.05, 0) is 79.5 Å². The third-order valence-electron chi connectivity index (χ3n) is 7.22. The van der Waals surface area contributed by atoms with E-state index in [4.69, 9.17) is 0 Å². The van der Waals surface area contributed by atoms with E-state index in [2.05, 4.69) is 20.7 Å². The molecule has 40 heavy (non-hydrogen) atoms. The van der Waals surface area contributed by atoms with Crippen LogP contribution in [0.15, 0.2) is 71.9 Å². The van der Waals surface area contributed by atoms with Gasteiger partial charge in [0.1, 0.15) is 16.5 Å². The number of pyridine rings is 1. The first-order valence-corrected chi connectivity index (χ1v) is 15.2. The summed E-state index contributed by atoms with van der Waals surface area (Å²) < 4.78 is 55.0. The monoisotopic (exact) mass is 580 g/mol. The summed E-state index contributed by atoms with van der Waals surface area (Å²) in [6.07, 6.45) is 5.40. The lowest BCUT2D eigenvalue weighted by Crippen LogP contribution is -2.33. The lowest BCUT2D eigenvalue weighted by Gasteiger charge is -2.20. The van der Waals surface area contributed by atoms with Crippen LogP contribution in [0.2, 0.25) is 0 Å². The Morgan fingerprint density at radius 1 is 0.900 bits per heavy atom. The first kappa shape index (κ1) is 26.5. The molecule has 1 N–H and O–H groups in total. The quantitative estimate of drug-likeness (QED) is 0.293. The van der Waals surface area contributed by atoms with Crippen molar-refractivity contribution in [1.82, 2.24) is 14.8 Å². The maximum atomic E-state index is 14.1. The van der Waals surface area contributed by atoms with E-state index in [-0.39, 0.29) is 11.6 Å². The van der Waals surface area contributed by atoms with Gasteiger partial charge in [0.25, 0.3) is 15.9 Å². The van der Waals surface area contributed by atoms with Crippen LogP contribution in [-0.4, -0.2) is 55.3 Å². The molecule has 2 aromatic carbocycles. The average molecular weight is 581 g/mol. The van der Waals surface area contributed by atoms with E-state index in [1.165, 1.54) is 30.4 Å². The van der Waals surface area contributed by atoms with Gasteiger partial charge >= 0.3 is 0 Å². The highest BCUT2D eigenvalue weighted by atomic mass is 32.2. The predicted octanol–water partition coefficient (Wildman–Crippen LogP) is 5.61. The van der Waals surface area contributed by atoms with E-state index in [9.17, 15) is 22.0 Å². The standard InChI is InChI=1S/C29H26F2N4O3S2/c30-22-4-8-28(25(31)15-22)40(37,38)33-23-14-20(16-32-17-23)27-7-6-26(39-27)19-3-5-24-21(13-19)18-35(29(24)36)12-11-34-9-1-2-10-34/h3-8,13-17,33H,1-2,9-12,18H2. The van der Waals surface area contributed by atoms with Crippen LogP contribution in [0.5, 0.6) is 0 Å². The molecule has 1 saturated heterocycles. The van der Waals surface area contributed by atoms with Gasteiger partial charge in [0.2, 0.25) is 0 Å². The third kappa shape index (κ3) is 5.36. The maximum Gasteiger partial charge on any atom is 0.264 e. The molecule has 6 rings (SSSR count). The van der Waals surface area contributed by atoms with Gasteiger partial charge < -0.3 is 9.80 Å². The Kier molecular flexibility index (Phi) is 7.11. The number of amides is 1. The molecule has 1 fully saturated rings. The number of sulfonamides is 1. The van der Waals surface area contributed by atoms with Gasteiger partial charge in [-0.2, -0.15) is 0 Å². The van der Waals surface area contributed by atoms with Crippen LogP contribution in [0.1, 0.15) is 28.8 Å². The van der Waals surface area contributed by atoms with E-state index in [0.29, 0.717) is 18.2 Å². The van der Waals surface area contributed by atoms with Crippen LogP contribution >= 0.6 is 11.3 Å². The molecule has 2 aromatic heterocycles. The van der Waals surface area contributed by atoms with Crippen molar-refractivity contribution < 1.29 is 22.0 Å². The van der Waals surface area contributed by atoms with Crippen LogP contribution in [0.4, 0.5) is 14.5 Å². The summed E-state index contributed by atoms with van der Waals surface area (Å²) in [4.78, 5) is 22.6. The first-order chi connectivity index (χ1) is 19.3. The molecule has 0 saturated carbocycles. The highest BCUT2D eigenvalue weighted by molar-refractivity contribution is 7.92. The molecule has 0 aliphatic carbocycles. The SMILES string of the molecule is O=C1c2ccc(-c3ccc(-c4cncc(NS(=O)(=O)c5ccc(F)cc5F)c4)s3)cc2CN1CCN1CCCC1. The molecule has 2 aliphatic rings. The Labute approximate surface area is 235 Å². The summed E-state index contributed by atoms with van der Waals surface area (Å²) in [5, 5.41) is 0. The molecular weight excluding hydrogens is 554 g/mol. The number of nitrogens with zero attached hydrogens (tertiary/aromatic N) is 3. The van der Waals surface area contributed by atoms with Gasteiger partial charge in [0.15, 0.2) is 0 Å². The number of hydrogen-bond acceptors (Lipinski definition) is 6. The molecule has 7 nitrogen and oxygen atoms in total. The topological polar surface area (TPSA) is 82.6 Å². The summed E-state index contributed by atoms with van der Waals surface area (Å²) in [5.41, 5.74) is 3.61. The zero-order chi connectivity index (χ0) is 27.9. The second kappa shape index (κ2) is 10.7. The lowest BCUT2D eigenvalue weighted by atomic mass is 10.1. The predicted molar refractivity (Wildman–Crippen MR) is 151 cm³/mol. The molecule has 0 bridgehead atoms. The van der Waals surface area contributed by atoms with Gasteiger partial charge in [-0.3, -0.25) is 14.5 Å². The molecule has 206 valence electrons. The van der Waals surface area contributed by atoms with Crippen molar-refractivity contribution in [3.05, 3.63) is 89.8 Å². The van der Waals surface area contributed by atoms with Gasteiger partial charge in [-0.15, -0.1) is 11.3 Å². The Hall–Kier alpha value is -3.67. The second-order valence-electron chi connectivity index (χ2n) is 9.95. The molecule has 4 heterocycles. The van der Waals surface area contributed by atoms with E-state index in [1.807, 2.05) is 29.2 Å². The number of rotatable bonds is 8. The fourth-order valence-corrected chi connectivity index (χ4v) is 7.24. The first-order valence-electron chi connectivity index (χ1n) is 12.9. The van der Waals surface area contributed by atoms with Crippen molar-refractivity contribution in [3.8, 4) is 20.9 Å². The van der Waals surface area contributed by atoms with Crippen molar-refractivity contribution in [2.24, 2.45) is 0 Å². The van der Waals surface area contributed by atoms with Crippen molar-refractivity contribution in [1.29, 1.82) is 0 Å². The second-order valence-corrected chi connectivity index (χ2v) is 12.7. The number of thiophene rings is 1. The summed E-state index contributed by atoms with van der Waals surface area (Å²) in [6, 6.07) is 13.7. The summed E-state index contributed by atoms with van der Waals surface area (Å²) >= 11 is 1.52. The minimum absolute atomic E-state index is 0.0819. The van der Waals surface area contributed by atoms with Crippen LogP contribution < -0.4 is 4.72 Å². The van der Waals surface area contributed by atoms with Gasteiger partial charge in [0.05, 0.1) is 11.9 Å². The number of nitrogens with one attached hydrogen (secondary N) is 1. The van der Waals surface area contributed by atoms with Crippen LogP contribution in [-0.2, 0) is 16.6 Å². The summed E-state index contributed by atoms with van der Waals surface area (Å²) in [5.74, 6) is -1.96. The third-order valence-corrected chi connectivity index (χ3v) is 9.82. The number of fused-ring (bicyclic) bond motifs is 1. The lowest BCUT2D eigenvalue weighted by molar-refractivity contribution is 0.0763. The average Bonchev–Trinajstić information content (AvgIpc) is 3.68.